The molecular weight excluding hydrogens is 218 g/mol. The van der Waals surface area contributed by atoms with E-state index in [4.69, 9.17) is 4.74 Å². The maximum absolute atomic E-state index is 5.41. The third-order valence-electron chi connectivity index (χ3n) is 3.01. The van der Waals surface area contributed by atoms with E-state index in [9.17, 15) is 0 Å². The van der Waals surface area contributed by atoms with Gasteiger partial charge in [0.1, 0.15) is 5.75 Å². The lowest BCUT2D eigenvalue weighted by atomic mass is 9.93. The molecule has 1 aliphatic rings. The van der Waals surface area contributed by atoms with Gasteiger partial charge in [-0.3, -0.25) is 0 Å². The van der Waals surface area contributed by atoms with Crippen LogP contribution in [0.5, 0.6) is 5.75 Å². The minimum atomic E-state index is 0.994. The maximum Gasteiger partial charge on any atom is 0.122 e. The van der Waals surface area contributed by atoms with Crippen molar-refractivity contribution in [2.24, 2.45) is 0 Å². The summed E-state index contributed by atoms with van der Waals surface area (Å²) in [4.78, 5) is 6.05. The molecule has 1 aromatic carbocycles. The van der Waals surface area contributed by atoms with E-state index in [2.05, 4.69) is 18.0 Å². The Morgan fingerprint density at radius 2 is 2.19 bits per heavy atom. The molecule has 0 atom stereocenters. The van der Waals surface area contributed by atoms with Gasteiger partial charge >= 0.3 is 0 Å². The monoisotopic (exact) mass is 231 g/mol. The van der Waals surface area contributed by atoms with E-state index >= 15 is 0 Å². The molecule has 0 bridgehead atoms. The SMILES string of the molecule is COc1cccc2c1CCc1sc(C)nc1-2. The van der Waals surface area contributed by atoms with Gasteiger partial charge in [0.05, 0.1) is 17.8 Å². The number of hydrogen-bond acceptors (Lipinski definition) is 3. The Bertz CT molecular complexity index is 545. The average Bonchev–Trinajstić information content (AvgIpc) is 2.69. The van der Waals surface area contributed by atoms with Crippen LogP contribution in [0.4, 0.5) is 0 Å². The number of fused-ring (bicyclic) bond motifs is 3. The second kappa shape index (κ2) is 3.59. The molecule has 0 saturated heterocycles. The van der Waals surface area contributed by atoms with Crippen LogP contribution in [0.25, 0.3) is 11.3 Å². The Balaban J connectivity index is 2.24. The first-order valence-electron chi connectivity index (χ1n) is 5.42. The van der Waals surface area contributed by atoms with Crippen LogP contribution >= 0.6 is 11.3 Å². The van der Waals surface area contributed by atoms with Crippen molar-refractivity contribution in [3.63, 3.8) is 0 Å². The summed E-state index contributed by atoms with van der Waals surface area (Å²) >= 11 is 1.82. The molecule has 1 aromatic heterocycles. The van der Waals surface area contributed by atoms with Crippen LogP contribution in [0.2, 0.25) is 0 Å². The smallest absolute Gasteiger partial charge is 0.122 e. The minimum Gasteiger partial charge on any atom is -0.496 e. The fourth-order valence-corrected chi connectivity index (χ4v) is 3.27. The Labute approximate surface area is 98.9 Å². The van der Waals surface area contributed by atoms with E-state index in [1.807, 2.05) is 23.5 Å². The highest BCUT2D eigenvalue weighted by Gasteiger charge is 2.22. The van der Waals surface area contributed by atoms with Crippen LogP contribution in [0.15, 0.2) is 18.2 Å². The summed E-state index contributed by atoms with van der Waals surface area (Å²) in [6, 6.07) is 6.22. The van der Waals surface area contributed by atoms with Crippen molar-refractivity contribution >= 4 is 11.3 Å². The summed E-state index contributed by atoms with van der Waals surface area (Å²) in [5.41, 5.74) is 3.73. The third-order valence-corrected chi connectivity index (χ3v) is 4.04. The fourth-order valence-electron chi connectivity index (χ4n) is 2.32. The van der Waals surface area contributed by atoms with Gasteiger partial charge in [-0.15, -0.1) is 11.3 Å². The number of methoxy groups -OCH3 is 1. The third kappa shape index (κ3) is 1.35. The highest BCUT2D eigenvalue weighted by molar-refractivity contribution is 7.12. The summed E-state index contributed by atoms with van der Waals surface area (Å²) in [6.45, 7) is 2.07. The molecule has 2 aromatic rings. The standard InChI is InChI=1S/C13H13NOS/c1-8-14-13-10-4-3-5-11(15-2)9(10)6-7-12(13)16-8/h3-5H,6-7H2,1-2H3. The molecule has 1 heterocycles. The van der Waals surface area contributed by atoms with Gasteiger partial charge in [0.2, 0.25) is 0 Å². The molecular formula is C13H13NOS. The summed E-state index contributed by atoms with van der Waals surface area (Å²) in [7, 11) is 1.73. The zero-order valence-corrected chi connectivity index (χ0v) is 10.2. The van der Waals surface area contributed by atoms with Crippen LogP contribution < -0.4 is 4.74 Å². The van der Waals surface area contributed by atoms with Crippen LogP contribution in [-0.4, -0.2) is 12.1 Å². The number of nitrogens with zero attached hydrogens (tertiary/aromatic N) is 1. The van der Waals surface area contributed by atoms with Gasteiger partial charge < -0.3 is 4.74 Å². The molecule has 3 rings (SSSR count). The second-order valence-electron chi connectivity index (χ2n) is 3.99. The quantitative estimate of drug-likeness (QED) is 0.751. The number of hydrogen-bond donors (Lipinski definition) is 0. The molecule has 0 amide bonds. The van der Waals surface area contributed by atoms with Gasteiger partial charge in [-0.1, -0.05) is 12.1 Å². The lowest BCUT2D eigenvalue weighted by Crippen LogP contribution is -2.04. The lowest BCUT2D eigenvalue weighted by Gasteiger charge is -2.17. The van der Waals surface area contributed by atoms with E-state index in [1.165, 1.54) is 21.7 Å². The van der Waals surface area contributed by atoms with Gasteiger partial charge in [0.15, 0.2) is 0 Å². The van der Waals surface area contributed by atoms with E-state index in [0.717, 1.165) is 23.6 Å². The lowest BCUT2D eigenvalue weighted by molar-refractivity contribution is 0.409. The van der Waals surface area contributed by atoms with Gasteiger partial charge in [-0.25, -0.2) is 4.98 Å². The van der Waals surface area contributed by atoms with Crippen molar-refractivity contribution in [3.05, 3.63) is 33.6 Å². The Morgan fingerprint density at radius 3 is 3.00 bits per heavy atom. The van der Waals surface area contributed by atoms with Crippen LogP contribution in [0.1, 0.15) is 15.4 Å². The van der Waals surface area contributed by atoms with E-state index in [0.29, 0.717) is 0 Å². The zero-order valence-electron chi connectivity index (χ0n) is 9.41. The first-order valence-corrected chi connectivity index (χ1v) is 6.24. The van der Waals surface area contributed by atoms with Crippen molar-refractivity contribution < 1.29 is 4.74 Å². The highest BCUT2D eigenvalue weighted by atomic mass is 32.1. The van der Waals surface area contributed by atoms with Crippen molar-refractivity contribution in [3.8, 4) is 17.0 Å². The summed E-state index contributed by atoms with van der Waals surface area (Å²) in [5.74, 6) is 0.994. The normalized spacial score (nSPS) is 13.1. The number of benzene rings is 1. The van der Waals surface area contributed by atoms with Crippen molar-refractivity contribution in [2.45, 2.75) is 19.8 Å². The largest absolute Gasteiger partial charge is 0.496 e. The zero-order chi connectivity index (χ0) is 11.1. The van der Waals surface area contributed by atoms with Gasteiger partial charge in [0, 0.05) is 16.0 Å². The molecule has 0 fully saturated rings. The minimum absolute atomic E-state index is 0.994. The number of rotatable bonds is 1. The molecule has 0 radical (unpaired) electrons. The number of aromatic nitrogens is 1. The predicted molar refractivity (Wildman–Crippen MR) is 66.2 cm³/mol. The summed E-state index contributed by atoms with van der Waals surface area (Å²) in [6.07, 6.45) is 2.15. The molecule has 2 nitrogen and oxygen atoms in total. The molecule has 1 aliphatic carbocycles. The number of ether oxygens (including phenoxy) is 1. The average molecular weight is 231 g/mol. The Kier molecular flexibility index (Phi) is 2.21. The first kappa shape index (κ1) is 9.85. The van der Waals surface area contributed by atoms with Crippen LogP contribution in [-0.2, 0) is 12.8 Å². The summed E-state index contributed by atoms with van der Waals surface area (Å²) < 4.78 is 5.41. The van der Waals surface area contributed by atoms with Gasteiger partial charge in [-0.05, 0) is 25.8 Å². The molecule has 0 N–H and O–H groups in total. The van der Waals surface area contributed by atoms with E-state index in [-0.39, 0.29) is 0 Å². The maximum atomic E-state index is 5.41. The molecule has 0 saturated carbocycles. The number of aryl methyl sites for hydroxylation is 2. The Morgan fingerprint density at radius 1 is 1.31 bits per heavy atom. The summed E-state index contributed by atoms with van der Waals surface area (Å²) in [5, 5.41) is 1.15. The molecule has 16 heavy (non-hydrogen) atoms. The first-order chi connectivity index (χ1) is 7.79. The van der Waals surface area contributed by atoms with Crippen LogP contribution in [0.3, 0.4) is 0 Å². The molecule has 0 spiro atoms. The van der Waals surface area contributed by atoms with Crippen molar-refractivity contribution in [1.82, 2.24) is 4.98 Å². The highest BCUT2D eigenvalue weighted by Crippen LogP contribution is 2.39. The van der Waals surface area contributed by atoms with Crippen molar-refractivity contribution in [2.75, 3.05) is 7.11 Å². The second-order valence-corrected chi connectivity index (χ2v) is 5.28. The Hall–Kier alpha value is -1.35. The van der Waals surface area contributed by atoms with Gasteiger partial charge in [0.25, 0.3) is 0 Å². The molecule has 82 valence electrons. The molecule has 0 aliphatic heterocycles. The van der Waals surface area contributed by atoms with E-state index in [1.54, 1.807) is 7.11 Å². The van der Waals surface area contributed by atoms with Crippen LogP contribution in [0, 0.1) is 6.92 Å². The van der Waals surface area contributed by atoms with Crippen molar-refractivity contribution in [1.29, 1.82) is 0 Å². The molecule has 3 heteroatoms. The topological polar surface area (TPSA) is 22.1 Å². The molecule has 0 unspecified atom stereocenters. The number of thiazole rings is 1. The van der Waals surface area contributed by atoms with Gasteiger partial charge in [-0.2, -0.15) is 0 Å². The fraction of sp³-hybridized carbons (Fsp3) is 0.308. The predicted octanol–water partition coefficient (Wildman–Crippen LogP) is 3.23. The van der Waals surface area contributed by atoms with E-state index < -0.39 is 0 Å².